The molecule has 4 nitrogen and oxygen atoms in total. The summed E-state index contributed by atoms with van der Waals surface area (Å²) < 4.78 is 5.28. The molecule has 2 aliphatic heterocycles. The molecule has 142 valence electrons. The lowest BCUT2D eigenvalue weighted by molar-refractivity contribution is -0.136. The molecule has 5 heteroatoms. The van der Waals surface area contributed by atoms with Crippen molar-refractivity contribution in [2.75, 3.05) is 6.61 Å². The van der Waals surface area contributed by atoms with Gasteiger partial charge < -0.3 is 10.1 Å². The van der Waals surface area contributed by atoms with Gasteiger partial charge >= 0.3 is 5.97 Å². The zero-order chi connectivity index (χ0) is 19.7. The highest BCUT2D eigenvalue weighted by atomic mass is 32.2. The molecule has 4 rings (SSSR count). The molecule has 0 bridgehead atoms. The van der Waals surface area contributed by atoms with Gasteiger partial charge in [-0.3, -0.25) is 4.79 Å². The smallest absolute Gasteiger partial charge is 0.337 e. The Morgan fingerprint density at radius 2 is 1.86 bits per heavy atom. The summed E-state index contributed by atoms with van der Waals surface area (Å²) in [6.45, 7) is 3.67. The Bertz CT molecular complexity index is 1010. The van der Waals surface area contributed by atoms with Crippen molar-refractivity contribution in [3.8, 4) is 0 Å². The molecular formula is C23H21NO3S. The van der Waals surface area contributed by atoms with E-state index < -0.39 is 5.92 Å². The van der Waals surface area contributed by atoms with Crippen LogP contribution < -0.4 is 5.32 Å². The van der Waals surface area contributed by atoms with Gasteiger partial charge in [-0.05, 0) is 31.0 Å². The van der Waals surface area contributed by atoms with Crippen LogP contribution in [0.5, 0.6) is 0 Å². The van der Waals surface area contributed by atoms with Crippen LogP contribution in [0.1, 0.15) is 30.9 Å². The number of esters is 1. The Balaban J connectivity index is 1.76. The molecule has 0 amide bonds. The highest BCUT2D eigenvalue weighted by Gasteiger charge is 2.41. The molecule has 1 unspecified atom stereocenters. The van der Waals surface area contributed by atoms with Crippen LogP contribution in [0.15, 0.2) is 82.0 Å². The van der Waals surface area contributed by atoms with E-state index in [1.807, 2.05) is 43.3 Å². The normalized spacial score (nSPS) is 18.6. The Labute approximate surface area is 168 Å². The Hall–Kier alpha value is -2.79. The second-order valence-electron chi connectivity index (χ2n) is 6.93. The van der Waals surface area contributed by atoms with Crippen LogP contribution >= 0.6 is 11.8 Å². The van der Waals surface area contributed by atoms with Crippen LogP contribution in [0.4, 0.5) is 0 Å². The highest BCUT2D eigenvalue weighted by Crippen LogP contribution is 2.44. The first-order valence-electron chi connectivity index (χ1n) is 9.21. The molecule has 0 fully saturated rings. The number of ether oxygens (including phenoxy) is 1. The molecule has 28 heavy (non-hydrogen) atoms. The largest absolute Gasteiger partial charge is 0.456 e. The number of Topliss-reactive ketones (excluding diaryl/α,β-unsaturated/α-hetero) is 1. The van der Waals surface area contributed by atoms with Gasteiger partial charge in [0.05, 0.1) is 11.3 Å². The molecule has 0 spiro atoms. The molecule has 0 saturated heterocycles. The minimum absolute atomic E-state index is 0.0379. The van der Waals surface area contributed by atoms with Crippen molar-refractivity contribution in [2.24, 2.45) is 0 Å². The number of cyclic esters (lactones) is 1. The monoisotopic (exact) mass is 391 g/mol. The summed E-state index contributed by atoms with van der Waals surface area (Å²) in [5.74, 6) is 0.0334. The molecule has 0 aromatic heterocycles. The molecule has 0 radical (unpaired) electrons. The van der Waals surface area contributed by atoms with Gasteiger partial charge in [-0.15, -0.1) is 11.8 Å². The molecule has 2 aromatic rings. The molecule has 0 aliphatic carbocycles. The SMILES string of the molecule is CC(=O)C1=C(C)NC2=C(C(=O)OC2)C1c1ccccc1SCc1ccccc1. The first-order chi connectivity index (χ1) is 13.6. The Morgan fingerprint density at radius 1 is 1.14 bits per heavy atom. The van der Waals surface area contributed by atoms with Crippen molar-refractivity contribution >= 4 is 23.5 Å². The fourth-order valence-electron chi connectivity index (χ4n) is 3.83. The summed E-state index contributed by atoms with van der Waals surface area (Å²) in [6.07, 6.45) is 0. The first-order valence-corrected chi connectivity index (χ1v) is 10.2. The number of carbonyl (C=O) groups excluding carboxylic acids is 2. The molecule has 2 aromatic carbocycles. The molecular weight excluding hydrogens is 370 g/mol. The van der Waals surface area contributed by atoms with Gasteiger partial charge in [-0.25, -0.2) is 4.79 Å². The number of hydrogen-bond donors (Lipinski definition) is 1. The van der Waals surface area contributed by atoms with Gasteiger partial charge in [0.2, 0.25) is 0 Å². The topological polar surface area (TPSA) is 55.4 Å². The fraction of sp³-hybridized carbons (Fsp3) is 0.217. The van der Waals surface area contributed by atoms with E-state index in [0.717, 1.165) is 27.6 Å². The lowest BCUT2D eigenvalue weighted by Gasteiger charge is -2.28. The Kier molecular flexibility index (Phi) is 5.09. The molecule has 0 saturated carbocycles. The van der Waals surface area contributed by atoms with E-state index in [9.17, 15) is 9.59 Å². The maximum atomic E-state index is 12.5. The van der Waals surface area contributed by atoms with Crippen LogP contribution in [0, 0.1) is 0 Å². The summed E-state index contributed by atoms with van der Waals surface area (Å²) in [4.78, 5) is 26.1. The quantitative estimate of drug-likeness (QED) is 0.607. The summed E-state index contributed by atoms with van der Waals surface area (Å²) in [6, 6.07) is 18.3. The third-order valence-electron chi connectivity index (χ3n) is 5.06. The summed E-state index contributed by atoms with van der Waals surface area (Å²) in [5, 5.41) is 3.20. The average Bonchev–Trinajstić information content (AvgIpc) is 3.06. The van der Waals surface area contributed by atoms with E-state index in [1.165, 1.54) is 5.56 Å². The minimum atomic E-state index is -0.400. The van der Waals surface area contributed by atoms with E-state index in [2.05, 4.69) is 23.5 Å². The summed E-state index contributed by atoms with van der Waals surface area (Å²) in [7, 11) is 0. The van der Waals surface area contributed by atoms with Crippen molar-refractivity contribution in [2.45, 2.75) is 30.4 Å². The van der Waals surface area contributed by atoms with Gasteiger partial charge in [0.1, 0.15) is 6.61 Å². The molecule has 1 N–H and O–H groups in total. The maximum Gasteiger partial charge on any atom is 0.337 e. The Morgan fingerprint density at radius 3 is 2.61 bits per heavy atom. The minimum Gasteiger partial charge on any atom is -0.456 e. The molecule has 2 heterocycles. The lowest BCUT2D eigenvalue weighted by atomic mass is 9.79. The summed E-state index contributed by atoms with van der Waals surface area (Å²) >= 11 is 1.72. The number of benzene rings is 2. The second kappa shape index (κ2) is 7.68. The van der Waals surface area contributed by atoms with Gasteiger partial charge in [0.25, 0.3) is 0 Å². The lowest BCUT2D eigenvalue weighted by Crippen LogP contribution is -2.28. The van der Waals surface area contributed by atoms with Gasteiger partial charge in [-0.2, -0.15) is 0 Å². The standard InChI is InChI=1S/C23H21NO3S/c1-14-20(15(2)25)21(22-18(24-14)12-27-23(22)26)17-10-6-7-11-19(17)28-13-16-8-4-3-5-9-16/h3-11,21,24H,12-13H2,1-2H3. The number of carbonyl (C=O) groups is 2. The summed E-state index contributed by atoms with van der Waals surface area (Å²) in [5.41, 5.74) is 4.94. The molecule has 1 atom stereocenters. The van der Waals surface area contributed by atoms with E-state index in [1.54, 1.807) is 18.7 Å². The van der Waals surface area contributed by atoms with E-state index >= 15 is 0 Å². The zero-order valence-corrected chi connectivity index (χ0v) is 16.6. The van der Waals surface area contributed by atoms with Gasteiger partial charge in [0, 0.05) is 27.8 Å². The van der Waals surface area contributed by atoms with Crippen molar-refractivity contribution in [1.29, 1.82) is 0 Å². The number of ketones is 1. The molecule has 2 aliphatic rings. The van der Waals surface area contributed by atoms with E-state index in [-0.39, 0.29) is 18.4 Å². The number of allylic oxidation sites excluding steroid dienone is 2. The van der Waals surface area contributed by atoms with Gasteiger partial charge in [0.15, 0.2) is 5.78 Å². The van der Waals surface area contributed by atoms with Crippen LogP contribution in [-0.4, -0.2) is 18.4 Å². The fourth-order valence-corrected chi connectivity index (χ4v) is 4.87. The van der Waals surface area contributed by atoms with Crippen molar-refractivity contribution in [1.82, 2.24) is 5.32 Å². The van der Waals surface area contributed by atoms with Crippen molar-refractivity contribution < 1.29 is 14.3 Å². The second-order valence-corrected chi connectivity index (χ2v) is 7.95. The number of nitrogens with one attached hydrogen (secondary N) is 1. The van der Waals surface area contributed by atoms with Crippen LogP contribution in [-0.2, 0) is 20.1 Å². The predicted molar refractivity (Wildman–Crippen MR) is 110 cm³/mol. The van der Waals surface area contributed by atoms with Crippen molar-refractivity contribution in [3.63, 3.8) is 0 Å². The predicted octanol–water partition coefficient (Wildman–Crippen LogP) is 4.34. The third-order valence-corrected chi connectivity index (χ3v) is 6.22. The van der Waals surface area contributed by atoms with Crippen LogP contribution in [0.3, 0.4) is 0 Å². The van der Waals surface area contributed by atoms with Crippen molar-refractivity contribution in [3.05, 3.63) is 88.3 Å². The van der Waals surface area contributed by atoms with Gasteiger partial charge in [-0.1, -0.05) is 48.5 Å². The average molecular weight is 391 g/mol. The van der Waals surface area contributed by atoms with E-state index in [4.69, 9.17) is 4.74 Å². The van der Waals surface area contributed by atoms with E-state index in [0.29, 0.717) is 11.1 Å². The zero-order valence-electron chi connectivity index (χ0n) is 15.8. The third kappa shape index (κ3) is 3.38. The number of dihydropyridines is 1. The van der Waals surface area contributed by atoms with Crippen LogP contribution in [0.25, 0.3) is 0 Å². The first kappa shape index (κ1) is 18.6. The van der Waals surface area contributed by atoms with Crippen LogP contribution in [0.2, 0.25) is 0 Å². The number of rotatable bonds is 5. The number of hydrogen-bond acceptors (Lipinski definition) is 5. The maximum absolute atomic E-state index is 12.5. The highest BCUT2D eigenvalue weighted by molar-refractivity contribution is 7.98. The number of thioether (sulfide) groups is 1.